The zero-order valence-corrected chi connectivity index (χ0v) is 20.1. The monoisotopic (exact) mass is 497 g/mol. The normalized spacial score (nSPS) is 19.2. The van der Waals surface area contributed by atoms with Crippen molar-refractivity contribution in [3.8, 4) is 11.1 Å². The van der Waals surface area contributed by atoms with Crippen molar-refractivity contribution in [2.45, 2.75) is 44.4 Å². The van der Waals surface area contributed by atoms with Gasteiger partial charge < -0.3 is 10.2 Å². The van der Waals surface area contributed by atoms with Crippen LogP contribution < -0.4 is 10.2 Å². The minimum Gasteiger partial charge on any atom is -0.343 e. The van der Waals surface area contributed by atoms with Crippen LogP contribution in [0.5, 0.6) is 0 Å². The van der Waals surface area contributed by atoms with Gasteiger partial charge in [-0.3, -0.25) is 14.9 Å². The van der Waals surface area contributed by atoms with E-state index in [9.17, 15) is 18.0 Å². The molecule has 2 fully saturated rings. The molecule has 1 N–H and O–H groups in total. The zero-order valence-electron chi connectivity index (χ0n) is 20.1. The van der Waals surface area contributed by atoms with Crippen molar-refractivity contribution in [2.75, 3.05) is 23.8 Å². The fraction of sp³-hybridized carbons (Fsp3) is 0.400. The summed E-state index contributed by atoms with van der Waals surface area (Å²) in [6, 6.07) is 7.75. The van der Waals surface area contributed by atoms with Gasteiger partial charge in [0.1, 0.15) is 11.5 Å². The molecule has 1 saturated heterocycles. The van der Waals surface area contributed by atoms with E-state index in [1.165, 1.54) is 6.07 Å². The van der Waals surface area contributed by atoms with Crippen LogP contribution in [-0.2, 0) is 11.7 Å². The van der Waals surface area contributed by atoms with E-state index in [-0.39, 0.29) is 18.0 Å². The van der Waals surface area contributed by atoms with E-state index >= 15 is 0 Å². The number of anilines is 2. The van der Waals surface area contributed by atoms with Crippen molar-refractivity contribution in [1.29, 1.82) is 0 Å². The molecule has 2 aliphatic rings. The lowest BCUT2D eigenvalue weighted by molar-refractivity contribution is -0.141. The van der Waals surface area contributed by atoms with Crippen LogP contribution in [0.4, 0.5) is 29.7 Å². The maximum Gasteiger partial charge on any atom is 0.433 e. The Morgan fingerprint density at radius 2 is 1.81 bits per heavy atom. The van der Waals surface area contributed by atoms with Crippen molar-refractivity contribution in [2.24, 2.45) is 5.92 Å². The summed E-state index contributed by atoms with van der Waals surface area (Å²) in [5, 5.41) is 3.37. The number of rotatable bonds is 6. The largest absolute Gasteiger partial charge is 0.433 e. The fourth-order valence-corrected chi connectivity index (χ4v) is 4.48. The molecule has 1 aliphatic carbocycles. The predicted molar refractivity (Wildman–Crippen MR) is 128 cm³/mol. The van der Waals surface area contributed by atoms with Crippen LogP contribution in [0, 0.1) is 5.92 Å². The number of pyridine rings is 2. The second-order valence-corrected chi connectivity index (χ2v) is 9.65. The van der Waals surface area contributed by atoms with E-state index in [1.807, 2.05) is 0 Å². The van der Waals surface area contributed by atoms with E-state index in [2.05, 4.69) is 39.1 Å². The highest BCUT2D eigenvalue weighted by Gasteiger charge is 2.47. The van der Waals surface area contributed by atoms with E-state index in [1.54, 1.807) is 47.4 Å². The number of carbonyl (C=O) groups excluding carboxylic acids is 1. The average molecular weight is 498 g/mol. The van der Waals surface area contributed by atoms with Crippen molar-refractivity contribution >= 4 is 17.8 Å². The third-order valence-corrected chi connectivity index (χ3v) is 6.72. The molecule has 188 valence electrons. The highest BCUT2D eigenvalue weighted by atomic mass is 19.4. The topological polar surface area (TPSA) is 87.1 Å². The van der Waals surface area contributed by atoms with Crippen LogP contribution in [0.25, 0.3) is 11.1 Å². The number of likely N-dealkylation sites (N-methyl/N-ethyl adjacent to an activating group) is 1. The van der Waals surface area contributed by atoms with E-state index in [0.29, 0.717) is 29.4 Å². The molecule has 0 radical (unpaired) electrons. The second-order valence-electron chi connectivity index (χ2n) is 9.65. The maximum absolute atomic E-state index is 13.0. The molecular formula is C25H26F3N7O. The van der Waals surface area contributed by atoms with Gasteiger partial charge in [0.2, 0.25) is 5.95 Å². The van der Waals surface area contributed by atoms with Crippen LogP contribution >= 0.6 is 0 Å². The van der Waals surface area contributed by atoms with Gasteiger partial charge in [0.25, 0.3) is 0 Å². The molecule has 4 heterocycles. The van der Waals surface area contributed by atoms with Crippen molar-refractivity contribution in [3.05, 3.63) is 60.3 Å². The molecule has 1 atom stereocenters. The lowest BCUT2D eigenvalue weighted by atomic mass is 10.0. The summed E-state index contributed by atoms with van der Waals surface area (Å²) in [6.45, 7) is 4.79. The Morgan fingerprint density at radius 3 is 2.44 bits per heavy atom. The number of hydrogen-bond donors (Lipinski definition) is 1. The number of nitrogens with zero attached hydrogens (tertiary/aromatic N) is 6. The fourth-order valence-electron chi connectivity index (χ4n) is 4.48. The Balaban J connectivity index is 1.36. The summed E-state index contributed by atoms with van der Waals surface area (Å²) < 4.78 is 39.1. The summed E-state index contributed by atoms with van der Waals surface area (Å²) in [5.74, 6) is 1.19. The summed E-state index contributed by atoms with van der Waals surface area (Å²) in [4.78, 5) is 33.1. The Bertz CT molecular complexity index is 1280. The molecule has 11 heteroatoms. The Labute approximate surface area is 206 Å². The quantitative estimate of drug-likeness (QED) is 0.519. The van der Waals surface area contributed by atoms with Crippen LogP contribution in [0.2, 0.25) is 0 Å². The highest BCUT2D eigenvalue weighted by Crippen LogP contribution is 2.47. The number of alkyl halides is 3. The highest BCUT2D eigenvalue weighted by molar-refractivity contribution is 5.94. The first-order chi connectivity index (χ1) is 17.1. The lowest BCUT2D eigenvalue weighted by Crippen LogP contribution is -2.38. The minimum atomic E-state index is -4.51. The number of halogens is 3. The molecule has 2 amide bonds. The lowest BCUT2D eigenvalue weighted by Gasteiger charge is -2.25. The SMILES string of the molecule is CC(C)C1CN(C)C(=O)N1c1ccnc(NC2(c3ccc(-c4ccnc(C(F)(F)F)c4)cn3)CC2)n1. The first-order valence-electron chi connectivity index (χ1n) is 11.7. The third-order valence-electron chi connectivity index (χ3n) is 6.72. The molecule has 1 unspecified atom stereocenters. The van der Waals surface area contributed by atoms with Gasteiger partial charge in [-0.15, -0.1) is 0 Å². The molecule has 5 rings (SSSR count). The molecule has 3 aromatic heterocycles. The van der Waals surface area contributed by atoms with Gasteiger partial charge in [-0.25, -0.2) is 9.78 Å². The molecule has 3 aromatic rings. The van der Waals surface area contributed by atoms with Gasteiger partial charge in [-0.2, -0.15) is 18.2 Å². The number of amides is 2. The number of nitrogens with one attached hydrogen (secondary N) is 1. The van der Waals surface area contributed by atoms with E-state index in [0.717, 1.165) is 30.8 Å². The van der Waals surface area contributed by atoms with Crippen molar-refractivity contribution in [3.63, 3.8) is 0 Å². The van der Waals surface area contributed by atoms with Gasteiger partial charge in [-0.05, 0) is 48.6 Å². The van der Waals surface area contributed by atoms with Crippen LogP contribution in [0.3, 0.4) is 0 Å². The van der Waals surface area contributed by atoms with Gasteiger partial charge in [-0.1, -0.05) is 19.9 Å². The Hall–Kier alpha value is -3.76. The summed E-state index contributed by atoms with van der Waals surface area (Å²) in [5.41, 5.74) is 0.309. The van der Waals surface area contributed by atoms with Gasteiger partial charge in [0.15, 0.2) is 0 Å². The number of aromatic nitrogens is 4. The maximum atomic E-state index is 13.0. The molecule has 8 nitrogen and oxygen atoms in total. The van der Waals surface area contributed by atoms with E-state index < -0.39 is 17.4 Å². The number of hydrogen-bond acceptors (Lipinski definition) is 6. The third kappa shape index (κ3) is 4.45. The van der Waals surface area contributed by atoms with Crippen molar-refractivity contribution in [1.82, 2.24) is 24.8 Å². The van der Waals surface area contributed by atoms with E-state index in [4.69, 9.17) is 0 Å². The first kappa shape index (κ1) is 24.0. The number of carbonyl (C=O) groups is 1. The predicted octanol–water partition coefficient (Wildman–Crippen LogP) is 4.95. The second kappa shape index (κ2) is 8.72. The standard InChI is InChI=1S/C25H26F3N7O/c1-15(2)18-14-34(3)23(36)35(18)21-7-11-30-22(32-21)33-24(8-9-24)19-5-4-17(13-31-19)16-6-10-29-20(12-16)25(26,27)28/h4-7,10-13,15,18H,8-9,14H2,1-3H3,(H,30,32,33). The summed E-state index contributed by atoms with van der Waals surface area (Å²) >= 11 is 0. The molecule has 0 bridgehead atoms. The first-order valence-corrected chi connectivity index (χ1v) is 11.7. The summed E-state index contributed by atoms with van der Waals surface area (Å²) in [6.07, 6.45) is 1.44. The molecule has 1 aliphatic heterocycles. The number of urea groups is 1. The average Bonchev–Trinajstić information content (AvgIpc) is 3.57. The minimum absolute atomic E-state index is 0.0143. The molecule has 1 saturated carbocycles. The van der Waals surface area contributed by atoms with Gasteiger partial charge >= 0.3 is 12.2 Å². The van der Waals surface area contributed by atoms with Crippen molar-refractivity contribution < 1.29 is 18.0 Å². The van der Waals surface area contributed by atoms with Gasteiger partial charge in [0.05, 0.1) is 17.3 Å². The molecule has 0 aromatic carbocycles. The summed E-state index contributed by atoms with van der Waals surface area (Å²) in [7, 11) is 1.78. The van der Waals surface area contributed by atoms with Crippen LogP contribution in [0.1, 0.15) is 38.1 Å². The van der Waals surface area contributed by atoms with Crippen LogP contribution in [0.15, 0.2) is 48.9 Å². The van der Waals surface area contributed by atoms with Crippen LogP contribution in [-0.4, -0.2) is 50.5 Å². The zero-order chi connectivity index (χ0) is 25.7. The smallest absolute Gasteiger partial charge is 0.343 e. The van der Waals surface area contributed by atoms with Gasteiger partial charge in [0, 0.05) is 37.7 Å². The molecular weight excluding hydrogens is 471 g/mol. The molecule has 36 heavy (non-hydrogen) atoms. The Morgan fingerprint density at radius 1 is 1.06 bits per heavy atom. The molecule has 0 spiro atoms. The Kier molecular flexibility index (Phi) is 5.80.